The Morgan fingerprint density at radius 1 is 1.38 bits per heavy atom. The van der Waals surface area contributed by atoms with Crippen molar-refractivity contribution in [3.05, 3.63) is 30.1 Å². The monoisotopic (exact) mass is 285 g/mol. The minimum atomic E-state index is 0. The summed E-state index contributed by atoms with van der Waals surface area (Å²) in [6.45, 7) is 1.97. The molecule has 0 fully saturated rings. The Hall–Kier alpha value is -0.214. The number of nitrogens with zero attached hydrogens (tertiary/aromatic N) is 1. The van der Waals surface area contributed by atoms with Gasteiger partial charge in [0.05, 0.1) is 0 Å². The summed E-state index contributed by atoms with van der Waals surface area (Å²) in [5.41, 5.74) is 1.07. The van der Waals surface area contributed by atoms with Crippen molar-refractivity contribution in [1.29, 1.82) is 0 Å². The predicted octanol–water partition coefficient (Wildman–Crippen LogP) is 1.39. The van der Waals surface area contributed by atoms with Crippen LogP contribution in [0.25, 0.3) is 0 Å². The zero-order valence-electron chi connectivity index (χ0n) is 4.61. The molecular formula is C6H7NOs. The van der Waals surface area contributed by atoms with Crippen molar-refractivity contribution >= 4 is 0 Å². The van der Waals surface area contributed by atoms with Crippen LogP contribution in [0.5, 0.6) is 0 Å². The van der Waals surface area contributed by atoms with Crippen LogP contribution in [0.3, 0.4) is 0 Å². The van der Waals surface area contributed by atoms with E-state index in [2.05, 4.69) is 4.98 Å². The van der Waals surface area contributed by atoms with Gasteiger partial charge in [0.1, 0.15) is 0 Å². The molecule has 0 N–H and O–H groups in total. The molecule has 0 amide bonds. The van der Waals surface area contributed by atoms with Gasteiger partial charge in [-0.05, 0) is 19.1 Å². The molecule has 0 unspecified atom stereocenters. The summed E-state index contributed by atoms with van der Waals surface area (Å²) >= 11 is 0. The fraction of sp³-hybridized carbons (Fsp3) is 0.167. The normalized spacial score (nSPS) is 7.62. The Kier molecular flexibility index (Phi) is 3.65. The van der Waals surface area contributed by atoms with E-state index in [0.717, 1.165) is 5.69 Å². The van der Waals surface area contributed by atoms with E-state index < -0.39 is 0 Å². The second kappa shape index (κ2) is 3.75. The van der Waals surface area contributed by atoms with Crippen LogP contribution in [0, 0.1) is 6.92 Å². The molecule has 8 heavy (non-hydrogen) atoms. The number of rotatable bonds is 0. The molecule has 0 spiro atoms. The summed E-state index contributed by atoms with van der Waals surface area (Å²) in [5, 5.41) is 0. The summed E-state index contributed by atoms with van der Waals surface area (Å²) in [5.74, 6) is 0. The first-order chi connectivity index (χ1) is 3.39. The molecule has 0 saturated carbocycles. The van der Waals surface area contributed by atoms with Crippen LogP contribution >= 0.6 is 0 Å². The van der Waals surface area contributed by atoms with Crippen LogP contribution in [0.2, 0.25) is 0 Å². The third kappa shape index (κ3) is 2.19. The molecular weight excluding hydrogens is 276 g/mol. The number of aryl methyl sites for hydroxylation is 1. The molecule has 1 aromatic rings. The van der Waals surface area contributed by atoms with Crippen molar-refractivity contribution in [2.45, 2.75) is 6.92 Å². The Morgan fingerprint density at radius 2 is 2.12 bits per heavy atom. The molecule has 1 heterocycles. The fourth-order valence-electron chi connectivity index (χ4n) is 0.448. The van der Waals surface area contributed by atoms with E-state index in [-0.39, 0.29) is 19.8 Å². The second-order valence-corrected chi connectivity index (χ2v) is 1.47. The molecule has 0 aliphatic carbocycles. The third-order valence-electron chi connectivity index (χ3n) is 0.813. The largest absolute Gasteiger partial charge is 0.262 e. The van der Waals surface area contributed by atoms with Gasteiger partial charge in [0.25, 0.3) is 0 Å². The molecule has 0 aliphatic rings. The first kappa shape index (κ1) is 7.79. The number of pyridine rings is 1. The van der Waals surface area contributed by atoms with Gasteiger partial charge < -0.3 is 0 Å². The molecule has 0 aromatic carbocycles. The Bertz CT molecular complexity index is 138. The van der Waals surface area contributed by atoms with Gasteiger partial charge in [0.15, 0.2) is 0 Å². The fourth-order valence-corrected chi connectivity index (χ4v) is 0.448. The Labute approximate surface area is 62.2 Å². The topological polar surface area (TPSA) is 12.9 Å². The zero-order valence-corrected chi connectivity index (χ0v) is 7.15. The first-order valence-electron chi connectivity index (χ1n) is 2.27. The summed E-state index contributed by atoms with van der Waals surface area (Å²) in [4.78, 5) is 3.98. The van der Waals surface area contributed by atoms with Gasteiger partial charge in [-0.15, -0.1) is 0 Å². The van der Waals surface area contributed by atoms with Crippen LogP contribution in [0.4, 0.5) is 0 Å². The SMILES string of the molecule is Cc1ccccn1.[Os]. The van der Waals surface area contributed by atoms with Gasteiger partial charge in [-0.1, -0.05) is 6.07 Å². The van der Waals surface area contributed by atoms with Gasteiger partial charge in [-0.25, -0.2) is 0 Å². The van der Waals surface area contributed by atoms with Crippen molar-refractivity contribution in [2.75, 3.05) is 0 Å². The summed E-state index contributed by atoms with van der Waals surface area (Å²) in [6.07, 6.45) is 1.79. The van der Waals surface area contributed by atoms with Crippen LogP contribution in [-0.4, -0.2) is 4.98 Å². The average molecular weight is 283 g/mol. The summed E-state index contributed by atoms with van der Waals surface area (Å²) < 4.78 is 0. The molecule has 1 aromatic heterocycles. The van der Waals surface area contributed by atoms with Crippen LogP contribution in [0.15, 0.2) is 24.4 Å². The van der Waals surface area contributed by atoms with Crippen molar-refractivity contribution in [2.24, 2.45) is 0 Å². The Balaban J connectivity index is 0.000000490. The van der Waals surface area contributed by atoms with Gasteiger partial charge in [-0.2, -0.15) is 0 Å². The summed E-state index contributed by atoms with van der Waals surface area (Å²) in [6, 6.07) is 5.86. The van der Waals surface area contributed by atoms with Crippen molar-refractivity contribution in [1.82, 2.24) is 4.98 Å². The molecule has 2 heteroatoms. The number of aromatic nitrogens is 1. The average Bonchev–Trinajstić information content (AvgIpc) is 1.69. The standard InChI is InChI=1S/C6H7N.Os/c1-6-4-2-3-5-7-6;/h2-5H,1H3;. The van der Waals surface area contributed by atoms with E-state index in [4.69, 9.17) is 0 Å². The quantitative estimate of drug-likeness (QED) is 0.701. The zero-order chi connectivity index (χ0) is 5.11. The predicted molar refractivity (Wildman–Crippen MR) is 29.0 cm³/mol. The third-order valence-corrected chi connectivity index (χ3v) is 0.813. The van der Waals surface area contributed by atoms with E-state index in [1.54, 1.807) is 6.20 Å². The molecule has 1 rings (SSSR count). The molecule has 0 bridgehead atoms. The molecule has 1 nitrogen and oxygen atoms in total. The van der Waals surface area contributed by atoms with Crippen molar-refractivity contribution in [3.63, 3.8) is 0 Å². The number of hydrogen-bond acceptors (Lipinski definition) is 1. The van der Waals surface area contributed by atoms with Gasteiger partial charge in [-0.3, -0.25) is 4.98 Å². The van der Waals surface area contributed by atoms with E-state index in [0.29, 0.717) is 0 Å². The van der Waals surface area contributed by atoms with Gasteiger partial charge in [0.2, 0.25) is 0 Å². The van der Waals surface area contributed by atoms with Crippen molar-refractivity contribution < 1.29 is 19.8 Å². The molecule has 0 aliphatic heterocycles. The smallest absolute Gasteiger partial charge is 0.0372 e. The van der Waals surface area contributed by atoms with Crippen LogP contribution in [-0.2, 0) is 19.8 Å². The van der Waals surface area contributed by atoms with Gasteiger partial charge >= 0.3 is 0 Å². The van der Waals surface area contributed by atoms with Crippen LogP contribution in [0.1, 0.15) is 5.69 Å². The first-order valence-corrected chi connectivity index (χ1v) is 2.27. The van der Waals surface area contributed by atoms with E-state index >= 15 is 0 Å². The van der Waals surface area contributed by atoms with E-state index in [1.807, 2.05) is 25.1 Å². The van der Waals surface area contributed by atoms with Gasteiger partial charge in [0, 0.05) is 31.7 Å². The molecule has 0 atom stereocenters. The minimum Gasteiger partial charge on any atom is -0.262 e. The Morgan fingerprint density at radius 3 is 2.38 bits per heavy atom. The van der Waals surface area contributed by atoms with Crippen LogP contribution < -0.4 is 0 Å². The minimum absolute atomic E-state index is 0. The maximum absolute atomic E-state index is 3.98. The summed E-state index contributed by atoms with van der Waals surface area (Å²) in [7, 11) is 0. The van der Waals surface area contributed by atoms with E-state index in [1.165, 1.54) is 0 Å². The second-order valence-electron chi connectivity index (χ2n) is 1.47. The van der Waals surface area contributed by atoms with E-state index in [9.17, 15) is 0 Å². The maximum Gasteiger partial charge on any atom is 0.0372 e. The van der Waals surface area contributed by atoms with Crippen molar-refractivity contribution in [3.8, 4) is 0 Å². The molecule has 44 valence electrons. The molecule has 0 radical (unpaired) electrons. The number of hydrogen-bond donors (Lipinski definition) is 0. The maximum atomic E-state index is 3.98. The molecule has 0 saturated heterocycles.